The maximum atomic E-state index is 6.76. The lowest BCUT2D eigenvalue weighted by molar-refractivity contribution is 0.104. The first-order valence-electron chi connectivity index (χ1n) is 7.41. The minimum atomic E-state index is 0.202. The Morgan fingerprint density at radius 3 is 2.31 bits per heavy atom. The minimum Gasteiger partial charge on any atom is -0.325 e. The smallest absolute Gasteiger partial charge is 0.0185 e. The van der Waals surface area contributed by atoms with Crippen LogP contribution in [-0.2, 0) is 0 Å². The van der Waals surface area contributed by atoms with Gasteiger partial charge in [0.15, 0.2) is 0 Å². The summed E-state index contributed by atoms with van der Waals surface area (Å²) >= 11 is 0. The molecule has 2 unspecified atom stereocenters. The van der Waals surface area contributed by atoms with Crippen molar-refractivity contribution >= 4 is 0 Å². The molecule has 2 aliphatic rings. The topological polar surface area (TPSA) is 26.0 Å². The highest BCUT2D eigenvalue weighted by molar-refractivity contribution is 4.97. The summed E-state index contributed by atoms with van der Waals surface area (Å²) in [5, 5.41) is 0. The zero-order valence-electron chi connectivity index (χ0n) is 11.2. The van der Waals surface area contributed by atoms with Crippen molar-refractivity contribution in [3.05, 3.63) is 0 Å². The van der Waals surface area contributed by atoms with E-state index in [1.807, 2.05) is 0 Å². The van der Waals surface area contributed by atoms with Crippen LogP contribution in [0.25, 0.3) is 0 Å². The van der Waals surface area contributed by atoms with Gasteiger partial charge < -0.3 is 5.73 Å². The molecule has 2 aliphatic carbocycles. The Morgan fingerprint density at radius 1 is 1.00 bits per heavy atom. The largest absolute Gasteiger partial charge is 0.325 e. The average molecular weight is 223 g/mol. The SMILES string of the molecule is CC(C)C1CCCC(N)(C2CCCCC2)C1. The van der Waals surface area contributed by atoms with Crippen molar-refractivity contribution in [2.75, 3.05) is 0 Å². The maximum Gasteiger partial charge on any atom is 0.0185 e. The fourth-order valence-electron chi connectivity index (χ4n) is 4.00. The van der Waals surface area contributed by atoms with Crippen molar-refractivity contribution in [1.29, 1.82) is 0 Å². The van der Waals surface area contributed by atoms with Gasteiger partial charge >= 0.3 is 0 Å². The lowest BCUT2D eigenvalue weighted by atomic mass is 9.63. The zero-order chi connectivity index (χ0) is 11.6. The molecule has 2 rings (SSSR count). The van der Waals surface area contributed by atoms with E-state index >= 15 is 0 Å². The molecule has 0 saturated heterocycles. The molecule has 16 heavy (non-hydrogen) atoms. The van der Waals surface area contributed by atoms with Gasteiger partial charge in [-0.2, -0.15) is 0 Å². The predicted octanol–water partition coefficient (Wildman–Crippen LogP) is 4.11. The van der Waals surface area contributed by atoms with Crippen LogP contribution < -0.4 is 5.73 Å². The van der Waals surface area contributed by atoms with Gasteiger partial charge in [0.25, 0.3) is 0 Å². The molecule has 0 amide bonds. The van der Waals surface area contributed by atoms with Crippen LogP contribution in [0.2, 0.25) is 0 Å². The van der Waals surface area contributed by atoms with E-state index in [0.717, 1.165) is 17.8 Å². The Kier molecular flexibility index (Phi) is 3.94. The van der Waals surface area contributed by atoms with Crippen molar-refractivity contribution in [2.45, 2.75) is 77.2 Å². The molecule has 1 heteroatoms. The van der Waals surface area contributed by atoms with Crippen molar-refractivity contribution < 1.29 is 0 Å². The van der Waals surface area contributed by atoms with Crippen LogP contribution in [0.3, 0.4) is 0 Å². The molecule has 2 N–H and O–H groups in total. The third-order valence-corrected chi connectivity index (χ3v) is 5.22. The molecule has 0 heterocycles. The maximum absolute atomic E-state index is 6.76. The molecule has 2 atom stereocenters. The normalized spacial score (nSPS) is 37.9. The number of nitrogens with two attached hydrogens (primary N) is 1. The second-order valence-electron chi connectivity index (χ2n) is 6.67. The summed E-state index contributed by atoms with van der Waals surface area (Å²) in [7, 11) is 0. The molecular weight excluding hydrogens is 194 g/mol. The van der Waals surface area contributed by atoms with Crippen LogP contribution in [0.4, 0.5) is 0 Å². The van der Waals surface area contributed by atoms with Crippen molar-refractivity contribution in [1.82, 2.24) is 0 Å². The molecule has 0 aliphatic heterocycles. The number of hydrogen-bond acceptors (Lipinski definition) is 1. The summed E-state index contributed by atoms with van der Waals surface area (Å²) in [6.07, 6.45) is 12.5. The standard InChI is InChI=1S/C15H29N/c1-12(2)13-7-6-10-15(16,11-13)14-8-4-3-5-9-14/h12-14H,3-11,16H2,1-2H3. The Bertz CT molecular complexity index is 217. The molecular formula is C15H29N. The quantitative estimate of drug-likeness (QED) is 0.749. The van der Waals surface area contributed by atoms with Gasteiger partial charge in [0.2, 0.25) is 0 Å². The Balaban J connectivity index is 1.99. The van der Waals surface area contributed by atoms with E-state index in [1.54, 1.807) is 0 Å². The van der Waals surface area contributed by atoms with E-state index in [2.05, 4.69) is 13.8 Å². The highest BCUT2D eigenvalue weighted by Crippen LogP contribution is 2.43. The van der Waals surface area contributed by atoms with E-state index in [9.17, 15) is 0 Å². The third kappa shape index (κ3) is 2.61. The van der Waals surface area contributed by atoms with Gasteiger partial charge in [0.05, 0.1) is 0 Å². The number of rotatable bonds is 2. The molecule has 0 spiro atoms. The van der Waals surface area contributed by atoms with E-state index in [1.165, 1.54) is 57.8 Å². The molecule has 0 bridgehead atoms. The molecule has 0 aromatic heterocycles. The average Bonchev–Trinajstić information content (AvgIpc) is 2.30. The van der Waals surface area contributed by atoms with Gasteiger partial charge in [-0.1, -0.05) is 46.0 Å². The zero-order valence-corrected chi connectivity index (χ0v) is 11.2. The first-order valence-corrected chi connectivity index (χ1v) is 7.41. The van der Waals surface area contributed by atoms with Crippen molar-refractivity contribution in [2.24, 2.45) is 23.5 Å². The summed E-state index contributed by atoms with van der Waals surface area (Å²) in [6.45, 7) is 4.74. The first-order chi connectivity index (χ1) is 7.62. The second-order valence-corrected chi connectivity index (χ2v) is 6.67. The predicted molar refractivity (Wildman–Crippen MR) is 70.3 cm³/mol. The van der Waals surface area contributed by atoms with Crippen LogP contribution in [0.1, 0.15) is 71.6 Å². The molecule has 0 aromatic rings. The van der Waals surface area contributed by atoms with E-state index in [-0.39, 0.29) is 5.54 Å². The molecule has 94 valence electrons. The molecule has 2 fully saturated rings. The van der Waals surface area contributed by atoms with Crippen LogP contribution in [0.5, 0.6) is 0 Å². The van der Waals surface area contributed by atoms with Gasteiger partial charge in [-0.15, -0.1) is 0 Å². The summed E-state index contributed by atoms with van der Waals surface area (Å²) < 4.78 is 0. The Labute approximate surface area is 101 Å². The second kappa shape index (κ2) is 5.08. The van der Waals surface area contributed by atoms with Gasteiger partial charge in [-0.25, -0.2) is 0 Å². The van der Waals surface area contributed by atoms with Crippen LogP contribution in [0.15, 0.2) is 0 Å². The Hall–Kier alpha value is -0.0400. The van der Waals surface area contributed by atoms with E-state index in [4.69, 9.17) is 5.73 Å². The van der Waals surface area contributed by atoms with Crippen LogP contribution >= 0.6 is 0 Å². The summed E-state index contributed by atoms with van der Waals surface area (Å²) in [4.78, 5) is 0. The highest BCUT2D eigenvalue weighted by Gasteiger charge is 2.40. The fourth-order valence-corrected chi connectivity index (χ4v) is 4.00. The molecule has 2 saturated carbocycles. The van der Waals surface area contributed by atoms with Crippen LogP contribution in [0, 0.1) is 17.8 Å². The third-order valence-electron chi connectivity index (χ3n) is 5.22. The minimum absolute atomic E-state index is 0.202. The Morgan fingerprint density at radius 2 is 1.69 bits per heavy atom. The van der Waals surface area contributed by atoms with Crippen molar-refractivity contribution in [3.8, 4) is 0 Å². The fraction of sp³-hybridized carbons (Fsp3) is 1.00. The molecule has 1 nitrogen and oxygen atoms in total. The van der Waals surface area contributed by atoms with Gasteiger partial charge in [0, 0.05) is 5.54 Å². The highest BCUT2D eigenvalue weighted by atomic mass is 14.8. The van der Waals surface area contributed by atoms with Crippen LogP contribution in [-0.4, -0.2) is 5.54 Å². The monoisotopic (exact) mass is 223 g/mol. The van der Waals surface area contributed by atoms with E-state index < -0.39 is 0 Å². The van der Waals surface area contributed by atoms with Gasteiger partial charge in [0.1, 0.15) is 0 Å². The molecule has 0 radical (unpaired) electrons. The van der Waals surface area contributed by atoms with Crippen molar-refractivity contribution in [3.63, 3.8) is 0 Å². The summed E-state index contributed by atoms with van der Waals surface area (Å²) in [5.41, 5.74) is 6.96. The summed E-state index contributed by atoms with van der Waals surface area (Å²) in [5.74, 6) is 2.55. The van der Waals surface area contributed by atoms with Gasteiger partial charge in [-0.05, 0) is 43.4 Å². The molecule has 0 aromatic carbocycles. The summed E-state index contributed by atoms with van der Waals surface area (Å²) in [6, 6.07) is 0. The van der Waals surface area contributed by atoms with E-state index in [0.29, 0.717) is 0 Å². The number of hydrogen-bond donors (Lipinski definition) is 1. The lowest BCUT2D eigenvalue weighted by Gasteiger charge is -2.46. The lowest BCUT2D eigenvalue weighted by Crippen LogP contribution is -2.51. The first kappa shape index (κ1) is 12.4. The van der Waals surface area contributed by atoms with Gasteiger partial charge in [-0.3, -0.25) is 0 Å².